The van der Waals surface area contributed by atoms with Gasteiger partial charge in [-0.05, 0) is 30.7 Å². The van der Waals surface area contributed by atoms with Crippen molar-refractivity contribution >= 4 is 21.6 Å². The third kappa shape index (κ3) is 3.59. The number of aliphatic hydroxyl groups is 1. The topological polar surface area (TPSA) is 97.1 Å². The predicted molar refractivity (Wildman–Crippen MR) is 77.1 cm³/mol. The van der Waals surface area contributed by atoms with Crippen LogP contribution in [0.4, 0.5) is 0 Å². The molecule has 0 fully saturated rings. The van der Waals surface area contributed by atoms with Gasteiger partial charge in [0.25, 0.3) is 0 Å². The fourth-order valence-corrected chi connectivity index (χ4v) is 2.97. The van der Waals surface area contributed by atoms with Crippen molar-refractivity contribution in [2.24, 2.45) is 0 Å². The SMILES string of the molecule is CCn1cnnc1CNS(=O)(=O)c1ccc(Cl)c(CO)c1. The highest BCUT2D eigenvalue weighted by Gasteiger charge is 2.16. The number of nitrogens with zero attached hydrogens (tertiary/aromatic N) is 3. The molecular formula is C12H15ClN4O3S. The molecule has 0 aliphatic carbocycles. The van der Waals surface area contributed by atoms with Gasteiger partial charge in [-0.25, -0.2) is 13.1 Å². The summed E-state index contributed by atoms with van der Waals surface area (Å²) >= 11 is 5.85. The number of aliphatic hydroxyl groups excluding tert-OH is 1. The van der Waals surface area contributed by atoms with Crippen LogP contribution in [-0.2, 0) is 29.7 Å². The largest absolute Gasteiger partial charge is 0.392 e. The van der Waals surface area contributed by atoms with Gasteiger partial charge in [-0.2, -0.15) is 0 Å². The molecule has 9 heteroatoms. The molecular weight excluding hydrogens is 316 g/mol. The van der Waals surface area contributed by atoms with E-state index in [9.17, 15) is 8.42 Å². The summed E-state index contributed by atoms with van der Waals surface area (Å²) in [6.45, 7) is 2.27. The normalized spacial score (nSPS) is 11.8. The lowest BCUT2D eigenvalue weighted by Gasteiger charge is -2.09. The molecule has 0 amide bonds. The van der Waals surface area contributed by atoms with Gasteiger partial charge in [0.15, 0.2) is 0 Å². The van der Waals surface area contributed by atoms with E-state index in [-0.39, 0.29) is 18.0 Å². The van der Waals surface area contributed by atoms with Crippen LogP contribution in [-0.4, -0.2) is 28.3 Å². The molecule has 1 heterocycles. The standard InChI is InChI=1S/C12H15ClN4O3S/c1-2-17-8-14-16-12(17)6-15-21(19,20)10-3-4-11(13)9(5-10)7-18/h3-5,8,15,18H,2,6-7H2,1H3. The molecule has 0 bridgehead atoms. The van der Waals surface area contributed by atoms with Gasteiger partial charge in [-0.3, -0.25) is 0 Å². The van der Waals surface area contributed by atoms with E-state index in [1.807, 2.05) is 6.92 Å². The van der Waals surface area contributed by atoms with E-state index in [0.717, 1.165) is 0 Å². The fraction of sp³-hybridized carbons (Fsp3) is 0.333. The summed E-state index contributed by atoms with van der Waals surface area (Å²) in [4.78, 5) is 0.0403. The van der Waals surface area contributed by atoms with Crippen molar-refractivity contribution in [3.05, 3.63) is 40.9 Å². The second-order valence-electron chi connectivity index (χ2n) is 4.27. The monoisotopic (exact) mass is 330 g/mol. The van der Waals surface area contributed by atoms with E-state index in [2.05, 4.69) is 14.9 Å². The summed E-state index contributed by atoms with van der Waals surface area (Å²) in [5, 5.41) is 17.0. The lowest BCUT2D eigenvalue weighted by molar-refractivity contribution is 0.281. The third-order valence-electron chi connectivity index (χ3n) is 2.95. The lowest BCUT2D eigenvalue weighted by Crippen LogP contribution is -2.25. The van der Waals surface area contributed by atoms with Crippen molar-refractivity contribution in [1.29, 1.82) is 0 Å². The Labute approximate surface area is 127 Å². The molecule has 0 spiro atoms. The van der Waals surface area contributed by atoms with Gasteiger partial charge in [-0.15, -0.1) is 10.2 Å². The van der Waals surface area contributed by atoms with E-state index >= 15 is 0 Å². The molecule has 0 atom stereocenters. The zero-order chi connectivity index (χ0) is 15.5. The van der Waals surface area contributed by atoms with Crippen LogP contribution in [0.3, 0.4) is 0 Å². The summed E-state index contributed by atoms with van der Waals surface area (Å²) in [6.07, 6.45) is 1.54. The average Bonchev–Trinajstić information content (AvgIpc) is 2.93. The number of rotatable bonds is 6. The Morgan fingerprint density at radius 3 is 2.86 bits per heavy atom. The minimum atomic E-state index is -3.71. The van der Waals surface area contributed by atoms with Crippen molar-refractivity contribution in [2.45, 2.75) is 31.5 Å². The van der Waals surface area contributed by atoms with Crippen molar-refractivity contribution in [3.8, 4) is 0 Å². The molecule has 2 rings (SSSR count). The smallest absolute Gasteiger partial charge is 0.240 e. The fourth-order valence-electron chi connectivity index (χ4n) is 1.76. The van der Waals surface area contributed by atoms with Crippen LogP contribution in [0.5, 0.6) is 0 Å². The molecule has 114 valence electrons. The quantitative estimate of drug-likeness (QED) is 0.821. The maximum atomic E-state index is 12.2. The minimum absolute atomic E-state index is 0.0350. The molecule has 0 aliphatic heterocycles. The number of sulfonamides is 1. The second-order valence-corrected chi connectivity index (χ2v) is 6.44. The van der Waals surface area contributed by atoms with E-state index < -0.39 is 10.0 Å². The van der Waals surface area contributed by atoms with Crippen molar-refractivity contribution in [3.63, 3.8) is 0 Å². The molecule has 1 aromatic heterocycles. The first-order chi connectivity index (χ1) is 9.97. The van der Waals surface area contributed by atoms with Gasteiger partial charge in [0.1, 0.15) is 12.2 Å². The first kappa shape index (κ1) is 15.9. The second kappa shape index (κ2) is 6.52. The zero-order valence-corrected chi connectivity index (χ0v) is 12.9. The van der Waals surface area contributed by atoms with E-state index in [1.54, 1.807) is 4.57 Å². The molecule has 2 N–H and O–H groups in total. The number of nitrogens with one attached hydrogen (secondary N) is 1. The van der Waals surface area contributed by atoms with Crippen LogP contribution in [0.2, 0.25) is 5.02 Å². The lowest BCUT2D eigenvalue weighted by atomic mass is 10.2. The van der Waals surface area contributed by atoms with Crippen LogP contribution in [0.25, 0.3) is 0 Å². The Morgan fingerprint density at radius 1 is 1.43 bits per heavy atom. The zero-order valence-electron chi connectivity index (χ0n) is 11.3. The van der Waals surface area contributed by atoms with Crippen molar-refractivity contribution in [2.75, 3.05) is 0 Å². The van der Waals surface area contributed by atoms with Crippen LogP contribution in [0.1, 0.15) is 18.3 Å². The maximum absolute atomic E-state index is 12.2. The maximum Gasteiger partial charge on any atom is 0.240 e. The summed E-state index contributed by atoms with van der Waals surface area (Å²) in [5.74, 6) is 0.525. The van der Waals surface area contributed by atoms with Crippen LogP contribution >= 0.6 is 11.6 Å². The van der Waals surface area contributed by atoms with Crippen LogP contribution < -0.4 is 4.72 Å². The number of hydrogen-bond acceptors (Lipinski definition) is 5. The molecule has 21 heavy (non-hydrogen) atoms. The molecule has 0 unspecified atom stereocenters. The summed E-state index contributed by atoms with van der Waals surface area (Å²) < 4.78 is 28.6. The van der Waals surface area contributed by atoms with Gasteiger partial charge in [0.05, 0.1) is 18.0 Å². The predicted octanol–water partition coefficient (Wildman–Crippen LogP) is 0.922. The molecule has 1 aromatic carbocycles. The Bertz CT molecular complexity index is 730. The third-order valence-corrected chi connectivity index (χ3v) is 4.72. The number of hydrogen-bond donors (Lipinski definition) is 2. The van der Waals surface area contributed by atoms with E-state index in [0.29, 0.717) is 23.0 Å². The highest BCUT2D eigenvalue weighted by atomic mass is 35.5. The van der Waals surface area contributed by atoms with Crippen LogP contribution in [0.15, 0.2) is 29.4 Å². The highest BCUT2D eigenvalue weighted by molar-refractivity contribution is 7.89. The van der Waals surface area contributed by atoms with Gasteiger partial charge >= 0.3 is 0 Å². The Kier molecular flexibility index (Phi) is 4.94. The molecule has 2 aromatic rings. The summed E-state index contributed by atoms with van der Waals surface area (Å²) in [7, 11) is -3.71. The number of aromatic nitrogens is 3. The minimum Gasteiger partial charge on any atom is -0.392 e. The highest BCUT2D eigenvalue weighted by Crippen LogP contribution is 2.20. The van der Waals surface area contributed by atoms with Gasteiger partial charge in [-0.1, -0.05) is 11.6 Å². The molecule has 0 saturated heterocycles. The molecule has 0 aliphatic rings. The van der Waals surface area contributed by atoms with E-state index in [4.69, 9.17) is 16.7 Å². The van der Waals surface area contributed by atoms with Crippen molar-refractivity contribution in [1.82, 2.24) is 19.5 Å². The molecule has 0 saturated carbocycles. The van der Waals surface area contributed by atoms with E-state index in [1.165, 1.54) is 24.5 Å². The molecule has 0 radical (unpaired) electrons. The average molecular weight is 331 g/mol. The Balaban J connectivity index is 2.19. The Morgan fingerprint density at radius 2 is 2.19 bits per heavy atom. The number of benzene rings is 1. The van der Waals surface area contributed by atoms with Crippen molar-refractivity contribution < 1.29 is 13.5 Å². The summed E-state index contributed by atoms with van der Waals surface area (Å²) in [5.41, 5.74) is 0.358. The number of aryl methyl sites for hydroxylation is 1. The van der Waals surface area contributed by atoms with Crippen LogP contribution in [0, 0.1) is 0 Å². The van der Waals surface area contributed by atoms with Gasteiger partial charge < -0.3 is 9.67 Å². The van der Waals surface area contributed by atoms with Gasteiger partial charge in [0.2, 0.25) is 10.0 Å². The van der Waals surface area contributed by atoms with Gasteiger partial charge in [0, 0.05) is 11.6 Å². The first-order valence-electron chi connectivity index (χ1n) is 6.23. The summed E-state index contributed by atoms with van der Waals surface area (Å²) in [6, 6.07) is 4.17. The Hall–Kier alpha value is -1.48. The first-order valence-corrected chi connectivity index (χ1v) is 8.09. The number of halogens is 1. The molecule has 7 nitrogen and oxygen atoms in total.